The van der Waals surface area contributed by atoms with Crippen LogP contribution in [-0.4, -0.2) is 55.7 Å². The van der Waals surface area contributed by atoms with E-state index in [0.29, 0.717) is 60.1 Å². The molecule has 1 aliphatic heterocycles. The number of rotatable bonds is 5. The summed E-state index contributed by atoms with van der Waals surface area (Å²) in [4.78, 5) is 20.4. The van der Waals surface area contributed by atoms with E-state index in [4.69, 9.17) is 9.47 Å². The van der Waals surface area contributed by atoms with Crippen LogP contribution in [-0.2, 0) is 6.18 Å². The van der Waals surface area contributed by atoms with Crippen LogP contribution < -0.4 is 14.4 Å². The normalized spacial score (nSPS) is 14.6. The largest absolute Gasteiger partial charge is 0.493 e. The lowest BCUT2D eigenvalue weighted by atomic mass is 10.1. The van der Waals surface area contributed by atoms with Crippen LogP contribution in [0.3, 0.4) is 0 Å². The Morgan fingerprint density at radius 2 is 1.90 bits per heavy atom. The van der Waals surface area contributed by atoms with E-state index in [0.717, 1.165) is 12.3 Å². The van der Waals surface area contributed by atoms with E-state index in [2.05, 4.69) is 20.9 Å². The van der Waals surface area contributed by atoms with Crippen LogP contribution in [0.4, 0.5) is 19.0 Å². The molecule has 1 aromatic carbocycles. The number of hydrogen-bond acceptors (Lipinski definition) is 5. The molecule has 0 spiro atoms. The molecule has 0 unspecified atom stereocenters. The third kappa shape index (κ3) is 4.80. The molecule has 1 aromatic heterocycles. The highest BCUT2D eigenvalue weighted by Gasteiger charge is 2.31. The van der Waals surface area contributed by atoms with E-state index in [1.807, 2.05) is 11.8 Å². The highest BCUT2D eigenvalue weighted by Crippen LogP contribution is 2.37. The Morgan fingerprint density at radius 3 is 2.43 bits per heavy atom. The molecule has 3 rings (SSSR count). The molecule has 0 atom stereocenters. The molecule has 1 fully saturated rings. The van der Waals surface area contributed by atoms with Gasteiger partial charge in [-0.25, -0.2) is 4.98 Å². The van der Waals surface area contributed by atoms with Crippen molar-refractivity contribution in [3.05, 3.63) is 46.1 Å². The minimum atomic E-state index is -4.41. The van der Waals surface area contributed by atoms with Crippen LogP contribution in [0.5, 0.6) is 11.5 Å². The molecule has 2 heterocycles. The van der Waals surface area contributed by atoms with Crippen molar-refractivity contribution in [1.29, 1.82) is 0 Å². The number of pyridine rings is 1. The summed E-state index contributed by atoms with van der Waals surface area (Å²) < 4.78 is 49.6. The second-order valence-corrected chi connectivity index (χ2v) is 7.46. The number of carbonyl (C=O) groups excluding carboxylic acids is 1. The van der Waals surface area contributed by atoms with Crippen molar-refractivity contribution in [3.8, 4) is 11.5 Å². The van der Waals surface area contributed by atoms with Crippen LogP contribution in [0.1, 0.15) is 22.8 Å². The molecule has 0 radical (unpaired) electrons. The van der Waals surface area contributed by atoms with Gasteiger partial charge in [0.1, 0.15) is 5.82 Å². The maximum Gasteiger partial charge on any atom is 0.417 e. The third-order valence-corrected chi connectivity index (χ3v) is 5.32. The molecule has 0 N–H and O–H groups in total. The van der Waals surface area contributed by atoms with Gasteiger partial charge in [0.25, 0.3) is 5.91 Å². The topological polar surface area (TPSA) is 54.9 Å². The SMILES string of the molecule is CCOc1c(Br)cc(C(=O)N2CCN(c3ccc(C(F)(F)F)cn3)CC2)cc1OC. The number of ether oxygens (including phenoxy) is 2. The molecule has 1 saturated heterocycles. The van der Waals surface area contributed by atoms with E-state index >= 15 is 0 Å². The number of halogens is 4. The maximum absolute atomic E-state index is 12.9. The molecule has 30 heavy (non-hydrogen) atoms. The van der Waals surface area contributed by atoms with Gasteiger partial charge in [-0.05, 0) is 47.1 Å². The van der Waals surface area contributed by atoms with Gasteiger partial charge < -0.3 is 19.3 Å². The summed E-state index contributed by atoms with van der Waals surface area (Å²) >= 11 is 3.42. The Balaban J connectivity index is 1.67. The first kappa shape index (κ1) is 22.2. The standard InChI is InChI=1S/C20H21BrF3N3O3/c1-3-30-18-15(21)10-13(11-16(18)29-2)19(28)27-8-6-26(7-9-27)17-5-4-14(12-25-17)20(22,23)24/h4-5,10-12H,3,6-9H2,1-2H3. The van der Waals surface area contributed by atoms with Crippen molar-refractivity contribution in [2.75, 3.05) is 44.8 Å². The maximum atomic E-state index is 12.9. The lowest BCUT2D eigenvalue weighted by molar-refractivity contribution is -0.137. The number of anilines is 1. The summed E-state index contributed by atoms with van der Waals surface area (Å²) in [6.45, 7) is 4.11. The fourth-order valence-corrected chi connectivity index (χ4v) is 3.75. The number of methoxy groups -OCH3 is 1. The van der Waals surface area contributed by atoms with Gasteiger partial charge in [-0.15, -0.1) is 0 Å². The lowest BCUT2D eigenvalue weighted by Gasteiger charge is -2.35. The van der Waals surface area contributed by atoms with Gasteiger partial charge in [0.15, 0.2) is 11.5 Å². The number of benzene rings is 1. The number of alkyl halides is 3. The Morgan fingerprint density at radius 1 is 1.20 bits per heavy atom. The van der Waals surface area contributed by atoms with Gasteiger partial charge in [-0.1, -0.05) is 0 Å². The molecule has 1 amide bonds. The van der Waals surface area contributed by atoms with Crippen molar-refractivity contribution >= 4 is 27.7 Å². The molecule has 1 aliphatic rings. The number of nitrogens with zero attached hydrogens (tertiary/aromatic N) is 3. The van der Waals surface area contributed by atoms with Crippen molar-refractivity contribution in [2.24, 2.45) is 0 Å². The van der Waals surface area contributed by atoms with E-state index in [-0.39, 0.29) is 5.91 Å². The highest BCUT2D eigenvalue weighted by molar-refractivity contribution is 9.10. The summed E-state index contributed by atoms with van der Waals surface area (Å²) in [6.07, 6.45) is -3.58. The lowest BCUT2D eigenvalue weighted by Crippen LogP contribution is -2.49. The van der Waals surface area contributed by atoms with Gasteiger partial charge in [0, 0.05) is 37.9 Å². The predicted octanol–water partition coefficient (Wildman–Crippen LogP) is 4.23. The summed E-state index contributed by atoms with van der Waals surface area (Å²) in [6, 6.07) is 5.71. The molecular formula is C20H21BrF3N3O3. The Bertz CT molecular complexity index is 899. The zero-order valence-corrected chi connectivity index (χ0v) is 18.1. The number of piperazine rings is 1. The Kier molecular flexibility index (Phi) is 6.74. The minimum Gasteiger partial charge on any atom is -0.493 e. The minimum absolute atomic E-state index is 0.155. The van der Waals surface area contributed by atoms with Crippen molar-refractivity contribution in [2.45, 2.75) is 13.1 Å². The van der Waals surface area contributed by atoms with Gasteiger partial charge in [0.2, 0.25) is 0 Å². The Hall–Kier alpha value is -2.49. The van der Waals surface area contributed by atoms with Gasteiger partial charge >= 0.3 is 6.18 Å². The van der Waals surface area contributed by atoms with Crippen LogP contribution >= 0.6 is 15.9 Å². The van der Waals surface area contributed by atoms with Crippen LogP contribution in [0, 0.1) is 0 Å². The van der Waals surface area contributed by atoms with E-state index < -0.39 is 11.7 Å². The van der Waals surface area contributed by atoms with E-state index in [1.165, 1.54) is 13.2 Å². The summed E-state index contributed by atoms with van der Waals surface area (Å²) in [5, 5.41) is 0. The summed E-state index contributed by atoms with van der Waals surface area (Å²) in [5.74, 6) is 1.30. The average molecular weight is 488 g/mol. The second-order valence-electron chi connectivity index (χ2n) is 6.60. The van der Waals surface area contributed by atoms with Gasteiger partial charge in [-0.2, -0.15) is 13.2 Å². The Labute approximate surface area is 180 Å². The first-order valence-electron chi connectivity index (χ1n) is 9.32. The van der Waals surface area contributed by atoms with Crippen LogP contribution in [0.15, 0.2) is 34.9 Å². The number of carbonyl (C=O) groups is 1. The summed E-state index contributed by atoms with van der Waals surface area (Å²) in [7, 11) is 1.51. The first-order chi connectivity index (χ1) is 14.2. The van der Waals surface area contributed by atoms with Crippen molar-refractivity contribution < 1.29 is 27.4 Å². The average Bonchev–Trinajstić information content (AvgIpc) is 2.74. The zero-order chi connectivity index (χ0) is 21.9. The number of amides is 1. The second kappa shape index (κ2) is 9.11. The number of aromatic nitrogens is 1. The molecule has 10 heteroatoms. The first-order valence-corrected chi connectivity index (χ1v) is 10.1. The monoisotopic (exact) mass is 487 g/mol. The molecule has 6 nitrogen and oxygen atoms in total. The molecule has 0 aliphatic carbocycles. The fourth-order valence-electron chi connectivity index (χ4n) is 3.19. The highest BCUT2D eigenvalue weighted by atomic mass is 79.9. The third-order valence-electron chi connectivity index (χ3n) is 4.73. The predicted molar refractivity (Wildman–Crippen MR) is 109 cm³/mol. The van der Waals surface area contributed by atoms with Gasteiger partial charge in [0.05, 0.1) is 23.8 Å². The van der Waals surface area contributed by atoms with Crippen LogP contribution in [0.25, 0.3) is 0 Å². The van der Waals surface area contributed by atoms with E-state index in [1.54, 1.807) is 17.0 Å². The molecule has 162 valence electrons. The smallest absolute Gasteiger partial charge is 0.417 e. The quantitative estimate of drug-likeness (QED) is 0.631. The van der Waals surface area contributed by atoms with Gasteiger partial charge in [-0.3, -0.25) is 4.79 Å². The van der Waals surface area contributed by atoms with Crippen LogP contribution in [0.2, 0.25) is 0 Å². The molecule has 2 aromatic rings. The fraction of sp³-hybridized carbons (Fsp3) is 0.400. The van der Waals surface area contributed by atoms with E-state index in [9.17, 15) is 18.0 Å². The van der Waals surface area contributed by atoms with Crippen molar-refractivity contribution in [1.82, 2.24) is 9.88 Å². The van der Waals surface area contributed by atoms with Crippen molar-refractivity contribution in [3.63, 3.8) is 0 Å². The molecular weight excluding hydrogens is 467 g/mol. The zero-order valence-electron chi connectivity index (χ0n) is 16.5. The number of hydrogen-bond donors (Lipinski definition) is 0. The molecule has 0 saturated carbocycles. The summed E-state index contributed by atoms with van der Waals surface area (Å²) in [5.41, 5.74) is -0.321. The molecule has 0 bridgehead atoms.